The van der Waals surface area contributed by atoms with E-state index < -0.39 is 5.60 Å². The van der Waals surface area contributed by atoms with Crippen LogP contribution in [0.3, 0.4) is 0 Å². The van der Waals surface area contributed by atoms with Crippen LogP contribution < -0.4 is 5.73 Å². The zero-order chi connectivity index (χ0) is 11.5. The molecule has 3 heteroatoms. The van der Waals surface area contributed by atoms with Gasteiger partial charge in [-0.3, -0.25) is 4.79 Å². The zero-order valence-corrected chi connectivity index (χ0v) is 10.1. The molecule has 1 saturated carbocycles. The van der Waals surface area contributed by atoms with Gasteiger partial charge in [-0.05, 0) is 33.1 Å². The maximum absolute atomic E-state index is 11.5. The minimum absolute atomic E-state index is 0.0230. The van der Waals surface area contributed by atoms with Crippen molar-refractivity contribution in [3.63, 3.8) is 0 Å². The maximum Gasteiger partial charge on any atom is 0.307 e. The lowest BCUT2D eigenvalue weighted by molar-refractivity contribution is -0.155. The van der Waals surface area contributed by atoms with Crippen LogP contribution in [0.15, 0.2) is 0 Å². The average molecular weight is 213 g/mol. The van der Waals surface area contributed by atoms with E-state index in [1.165, 1.54) is 19.3 Å². The summed E-state index contributed by atoms with van der Waals surface area (Å²) in [6, 6.07) is -0.0230. The van der Waals surface area contributed by atoms with E-state index in [-0.39, 0.29) is 12.0 Å². The second-order valence-electron chi connectivity index (χ2n) is 5.58. The molecular weight excluding hydrogens is 190 g/mol. The fraction of sp³-hybridized carbons (Fsp3) is 0.917. The van der Waals surface area contributed by atoms with Crippen LogP contribution in [0.25, 0.3) is 0 Å². The number of carbonyl (C=O) groups excluding carboxylic acids is 1. The van der Waals surface area contributed by atoms with E-state index in [1.54, 1.807) is 0 Å². The van der Waals surface area contributed by atoms with E-state index in [1.807, 2.05) is 20.8 Å². The summed E-state index contributed by atoms with van der Waals surface area (Å²) < 4.78 is 5.22. The Kier molecular flexibility index (Phi) is 4.14. The molecule has 0 unspecified atom stereocenters. The highest BCUT2D eigenvalue weighted by molar-refractivity contribution is 5.70. The Hall–Kier alpha value is -0.570. The van der Waals surface area contributed by atoms with Gasteiger partial charge in [-0.2, -0.15) is 0 Å². The largest absolute Gasteiger partial charge is 0.460 e. The lowest BCUT2D eigenvalue weighted by Crippen LogP contribution is -2.32. The number of hydrogen-bond donors (Lipinski definition) is 1. The molecule has 1 aliphatic rings. The quantitative estimate of drug-likeness (QED) is 0.729. The van der Waals surface area contributed by atoms with Crippen LogP contribution >= 0.6 is 0 Å². The van der Waals surface area contributed by atoms with Crippen molar-refractivity contribution in [1.29, 1.82) is 0 Å². The molecule has 0 aromatic carbocycles. The van der Waals surface area contributed by atoms with Crippen molar-refractivity contribution in [3.8, 4) is 0 Å². The van der Waals surface area contributed by atoms with Gasteiger partial charge < -0.3 is 10.5 Å². The van der Waals surface area contributed by atoms with Gasteiger partial charge in [0.05, 0.1) is 6.42 Å². The normalized spacial score (nSPS) is 19.5. The smallest absolute Gasteiger partial charge is 0.307 e. The van der Waals surface area contributed by atoms with Gasteiger partial charge in [0.15, 0.2) is 0 Å². The predicted molar refractivity (Wildman–Crippen MR) is 60.4 cm³/mol. The number of hydrogen-bond acceptors (Lipinski definition) is 3. The third kappa shape index (κ3) is 5.17. The first-order chi connectivity index (χ1) is 6.87. The van der Waals surface area contributed by atoms with Crippen LogP contribution in [0.2, 0.25) is 0 Å². The zero-order valence-electron chi connectivity index (χ0n) is 10.1. The van der Waals surface area contributed by atoms with Crippen LogP contribution in [-0.4, -0.2) is 17.6 Å². The van der Waals surface area contributed by atoms with E-state index >= 15 is 0 Å². The van der Waals surface area contributed by atoms with Crippen LogP contribution in [0.4, 0.5) is 0 Å². The molecule has 0 radical (unpaired) electrons. The lowest BCUT2D eigenvalue weighted by atomic mass is 9.80. The van der Waals surface area contributed by atoms with Crippen LogP contribution in [-0.2, 0) is 9.53 Å². The molecule has 0 saturated heterocycles. The Labute approximate surface area is 92.4 Å². The molecule has 0 heterocycles. The lowest BCUT2D eigenvalue weighted by Gasteiger charge is -2.28. The maximum atomic E-state index is 11.5. The molecule has 15 heavy (non-hydrogen) atoms. The van der Waals surface area contributed by atoms with E-state index in [4.69, 9.17) is 10.5 Å². The minimum Gasteiger partial charge on any atom is -0.460 e. The molecule has 88 valence electrons. The highest BCUT2D eigenvalue weighted by Gasteiger charge is 2.23. The van der Waals surface area contributed by atoms with E-state index in [2.05, 4.69) is 0 Å². The molecule has 1 aliphatic carbocycles. The second kappa shape index (κ2) is 4.97. The Morgan fingerprint density at radius 2 is 2.07 bits per heavy atom. The highest BCUT2D eigenvalue weighted by Crippen LogP contribution is 2.30. The molecule has 1 atom stereocenters. The number of esters is 1. The monoisotopic (exact) mass is 213 g/mol. The predicted octanol–water partition coefficient (Wildman–Crippen LogP) is 2.24. The number of nitrogens with two attached hydrogens (primary N) is 1. The van der Waals surface area contributed by atoms with E-state index in [0.717, 1.165) is 12.3 Å². The molecule has 3 nitrogen and oxygen atoms in total. The van der Waals surface area contributed by atoms with E-state index in [0.29, 0.717) is 6.42 Å². The molecule has 1 fully saturated rings. The van der Waals surface area contributed by atoms with Gasteiger partial charge in [0.1, 0.15) is 5.60 Å². The van der Waals surface area contributed by atoms with Crippen molar-refractivity contribution >= 4 is 5.97 Å². The molecule has 0 aromatic rings. The van der Waals surface area contributed by atoms with Crippen molar-refractivity contribution < 1.29 is 9.53 Å². The third-order valence-electron chi connectivity index (χ3n) is 2.71. The van der Waals surface area contributed by atoms with Gasteiger partial charge in [0, 0.05) is 6.04 Å². The van der Waals surface area contributed by atoms with Gasteiger partial charge in [0.25, 0.3) is 0 Å². The molecule has 0 bridgehead atoms. The molecule has 0 aromatic heterocycles. The topological polar surface area (TPSA) is 52.3 Å². The molecule has 0 amide bonds. The Morgan fingerprint density at radius 1 is 1.47 bits per heavy atom. The van der Waals surface area contributed by atoms with Gasteiger partial charge in [-0.1, -0.05) is 19.3 Å². The van der Waals surface area contributed by atoms with Crippen molar-refractivity contribution in [3.05, 3.63) is 0 Å². The summed E-state index contributed by atoms with van der Waals surface area (Å²) in [5, 5.41) is 0. The Morgan fingerprint density at radius 3 is 2.47 bits per heavy atom. The first-order valence-corrected chi connectivity index (χ1v) is 5.84. The van der Waals surface area contributed by atoms with Crippen LogP contribution in [0.5, 0.6) is 0 Å². The van der Waals surface area contributed by atoms with Gasteiger partial charge in [-0.25, -0.2) is 0 Å². The number of ether oxygens (including phenoxy) is 1. The second-order valence-corrected chi connectivity index (χ2v) is 5.58. The Balaban J connectivity index is 2.18. The van der Waals surface area contributed by atoms with Crippen LogP contribution in [0, 0.1) is 5.92 Å². The fourth-order valence-electron chi connectivity index (χ4n) is 1.84. The number of rotatable bonds is 4. The molecule has 0 aliphatic heterocycles. The Bertz CT molecular complexity index is 216. The highest BCUT2D eigenvalue weighted by atomic mass is 16.6. The van der Waals surface area contributed by atoms with Crippen molar-refractivity contribution in [2.24, 2.45) is 11.7 Å². The first-order valence-electron chi connectivity index (χ1n) is 5.84. The van der Waals surface area contributed by atoms with Crippen molar-refractivity contribution in [2.45, 2.75) is 64.5 Å². The fourth-order valence-corrected chi connectivity index (χ4v) is 1.84. The minimum atomic E-state index is -0.396. The van der Waals surface area contributed by atoms with Crippen molar-refractivity contribution in [1.82, 2.24) is 0 Å². The number of carbonyl (C=O) groups is 1. The third-order valence-corrected chi connectivity index (χ3v) is 2.71. The van der Waals surface area contributed by atoms with Gasteiger partial charge in [-0.15, -0.1) is 0 Å². The summed E-state index contributed by atoms with van der Waals surface area (Å²) >= 11 is 0. The van der Waals surface area contributed by atoms with Gasteiger partial charge >= 0.3 is 5.97 Å². The molecule has 2 N–H and O–H groups in total. The summed E-state index contributed by atoms with van der Waals surface area (Å²) in [6.45, 7) is 5.63. The van der Waals surface area contributed by atoms with Crippen LogP contribution in [0.1, 0.15) is 52.9 Å². The average Bonchev–Trinajstić information content (AvgIpc) is 1.92. The first kappa shape index (κ1) is 12.5. The summed E-state index contributed by atoms with van der Waals surface area (Å²) in [5.74, 6) is 0.580. The summed E-state index contributed by atoms with van der Waals surface area (Å²) in [5.41, 5.74) is 5.51. The van der Waals surface area contributed by atoms with Gasteiger partial charge in [0.2, 0.25) is 0 Å². The summed E-state index contributed by atoms with van der Waals surface area (Å²) in [4.78, 5) is 11.5. The molecule has 0 spiro atoms. The van der Waals surface area contributed by atoms with Crippen molar-refractivity contribution in [2.75, 3.05) is 0 Å². The molecular formula is C12H23NO2. The molecule has 1 rings (SSSR count). The van der Waals surface area contributed by atoms with E-state index in [9.17, 15) is 4.79 Å². The SMILES string of the molecule is CC(C)(C)OC(=O)C[C@H](N)CC1CCC1. The summed E-state index contributed by atoms with van der Waals surface area (Å²) in [7, 11) is 0. The summed E-state index contributed by atoms with van der Waals surface area (Å²) in [6.07, 6.45) is 5.21. The standard InChI is InChI=1S/C12H23NO2/c1-12(2,3)15-11(14)8-10(13)7-9-5-4-6-9/h9-10H,4-8,13H2,1-3H3/t10-/m1/s1.